The highest BCUT2D eigenvalue weighted by Gasteiger charge is 2.26. The van der Waals surface area contributed by atoms with E-state index < -0.39 is 11.9 Å². The fourth-order valence-corrected chi connectivity index (χ4v) is 2.07. The molecule has 0 bridgehead atoms. The second-order valence-electron chi connectivity index (χ2n) is 4.44. The number of ether oxygens (including phenoxy) is 1. The van der Waals surface area contributed by atoms with Crippen molar-refractivity contribution in [2.24, 2.45) is 11.7 Å². The van der Waals surface area contributed by atoms with Crippen molar-refractivity contribution in [2.45, 2.75) is 18.9 Å². The van der Waals surface area contributed by atoms with Crippen LogP contribution in [0.5, 0.6) is 0 Å². The Hall–Kier alpha value is -1.46. The fourth-order valence-electron chi connectivity index (χ4n) is 2.07. The molecule has 1 unspecified atom stereocenters. The molecule has 4 nitrogen and oxygen atoms in total. The average molecular weight is 252 g/mol. The maximum absolute atomic E-state index is 13.4. The molecule has 1 heterocycles. The number of benzene rings is 1. The molecule has 1 aliphatic heterocycles. The summed E-state index contributed by atoms with van der Waals surface area (Å²) in [5.41, 5.74) is 6.07. The molecule has 3 N–H and O–H groups in total. The lowest BCUT2D eigenvalue weighted by Gasteiger charge is -2.26. The van der Waals surface area contributed by atoms with E-state index in [9.17, 15) is 9.18 Å². The molecule has 0 aliphatic carbocycles. The van der Waals surface area contributed by atoms with Gasteiger partial charge in [-0.15, -0.1) is 0 Å². The number of para-hydroxylation sites is 1. The second-order valence-corrected chi connectivity index (χ2v) is 4.44. The molecule has 2 rings (SSSR count). The Bertz CT molecular complexity index is 419. The van der Waals surface area contributed by atoms with Crippen molar-refractivity contribution in [1.82, 2.24) is 0 Å². The Labute approximate surface area is 105 Å². The molecule has 1 atom stereocenters. The Balaban J connectivity index is 1.97. The van der Waals surface area contributed by atoms with Crippen LogP contribution in [0.15, 0.2) is 24.3 Å². The van der Waals surface area contributed by atoms with E-state index in [2.05, 4.69) is 5.32 Å². The van der Waals surface area contributed by atoms with Gasteiger partial charge in [-0.2, -0.15) is 0 Å². The number of carbonyl (C=O) groups is 1. The van der Waals surface area contributed by atoms with Crippen molar-refractivity contribution >= 4 is 11.6 Å². The van der Waals surface area contributed by atoms with E-state index in [4.69, 9.17) is 10.5 Å². The monoisotopic (exact) mass is 252 g/mol. The largest absolute Gasteiger partial charge is 0.381 e. The van der Waals surface area contributed by atoms with Gasteiger partial charge in [-0.1, -0.05) is 12.1 Å². The van der Waals surface area contributed by atoms with Gasteiger partial charge in [0.1, 0.15) is 5.82 Å². The molecule has 18 heavy (non-hydrogen) atoms. The van der Waals surface area contributed by atoms with E-state index in [1.807, 2.05) is 0 Å². The minimum atomic E-state index is -0.617. The lowest BCUT2D eigenvalue weighted by atomic mass is 9.92. The molecule has 1 aromatic carbocycles. The third-order valence-electron chi connectivity index (χ3n) is 3.21. The molecular formula is C13H17FN2O2. The normalized spacial score (nSPS) is 18.3. The van der Waals surface area contributed by atoms with Gasteiger partial charge in [-0.05, 0) is 30.9 Å². The summed E-state index contributed by atoms with van der Waals surface area (Å²) in [4.78, 5) is 11.9. The number of carbonyl (C=O) groups excluding carboxylic acids is 1. The zero-order valence-electron chi connectivity index (χ0n) is 10.1. The third kappa shape index (κ3) is 3.05. The van der Waals surface area contributed by atoms with E-state index in [-0.39, 0.29) is 17.5 Å². The number of hydrogen-bond acceptors (Lipinski definition) is 3. The smallest absolute Gasteiger partial charge is 0.241 e. The number of amides is 1. The van der Waals surface area contributed by atoms with Crippen LogP contribution in [-0.2, 0) is 9.53 Å². The highest BCUT2D eigenvalue weighted by atomic mass is 19.1. The molecule has 98 valence electrons. The third-order valence-corrected chi connectivity index (χ3v) is 3.21. The first-order chi connectivity index (χ1) is 8.68. The van der Waals surface area contributed by atoms with Crippen LogP contribution in [0.3, 0.4) is 0 Å². The second kappa shape index (κ2) is 5.93. The van der Waals surface area contributed by atoms with Gasteiger partial charge in [-0.3, -0.25) is 4.79 Å². The number of anilines is 1. The number of halogens is 1. The van der Waals surface area contributed by atoms with Gasteiger partial charge in [0.2, 0.25) is 5.91 Å². The lowest BCUT2D eigenvalue weighted by molar-refractivity contribution is -0.119. The summed E-state index contributed by atoms with van der Waals surface area (Å²) >= 11 is 0. The summed E-state index contributed by atoms with van der Waals surface area (Å²) in [6.07, 6.45) is 1.54. The van der Waals surface area contributed by atoms with E-state index in [1.165, 1.54) is 12.1 Å². The van der Waals surface area contributed by atoms with Crippen molar-refractivity contribution in [2.75, 3.05) is 18.5 Å². The summed E-state index contributed by atoms with van der Waals surface area (Å²) in [6.45, 7) is 1.26. The maximum atomic E-state index is 13.4. The first-order valence-electron chi connectivity index (χ1n) is 6.07. The van der Waals surface area contributed by atoms with Crippen LogP contribution in [0.25, 0.3) is 0 Å². The predicted molar refractivity (Wildman–Crippen MR) is 66.5 cm³/mol. The van der Waals surface area contributed by atoms with Gasteiger partial charge in [-0.25, -0.2) is 4.39 Å². The number of hydrogen-bond donors (Lipinski definition) is 2. The van der Waals surface area contributed by atoms with Gasteiger partial charge < -0.3 is 15.8 Å². The molecule has 1 amide bonds. The highest BCUT2D eigenvalue weighted by molar-refractivity contribution is 5.94. The zero-order chi connectivity index (χ0) is 13.0. The quantitative estimate of drug-likeness (QED) is 0.857. The molecule has 1 aromatic rings. The van der Waals surface area contributed by atoms with E-state index >= 15 is 0 Å². The molecule has 1 aliphatic rings. The van der Waals surface area contributed by atoms with Gasteiger partial charge >= 0.3 is 0 Å². The van der Waals surface area contributed by atoms with Crippen molar-refractivity contribution in [3.8, 4) is 0 Å². The van der Waals surface area contributed by atoms with E-state index in [0.29, 0.717) is 13.2 Å². The molecular weight excluding hydrogens is 235 g/mol. The van der Waals surface area contributed by atoms with Crippen LogP contribution in [-0.4, -0.2) is 25.2 Å². The summed E-state index contributed by atoms with van der Waals surface area (Å²) in [7, 11) is 0. The van der Waals surface area contributed by atoms with Crippen molar-refractivity contribution in [3.05, 3.63) is 30.1 Å². The van der Waals surface area contributed by atoms with Crippen LogP contribution >= 0.6 is 0 Å². The van der Waals surface area contributed by atoms with Gasteiger partial charge in [0.15, 0.2) is 0 Å². The molecule has 0 aromatic heterocycles. The van der Waals surface area contributed by atoms with Crippen LogP contribution in [0, 0.1) is 11.7 Å². The fraction of sp³-hybridized carbons (Fsp3) is 0.462. The average Bonchev–Trinajstić information content (AvgIpc) is 2.41. The van der Waals surface area contributed by atoms with Crippen LogP contribution in [0.4, 0.5) is 10.1 Å². The molecule has 1 saturated heterocycles. The Morgan fingerprint density at radius 2 is 2.06 bits per heavy atom. The Kier molecular flexibility index (Phi) is 4.28. The number of rotatable bonds is 3. The van der Waals surface area contributed by atoms with Crippen LogP contribution in [0.1, 0.15) is 12.8 Å². The summed E-state index contributed by atoms with van der Waals surface area (Å²) < 4.78 is 18.6. The molecule has 0 saturated carbocycles. The topological polar surface area (TPSA) is 64.4 Å². The Morgan fingerprint density at radius 1 is 1.39 bits per heavy atom. The predicted octanol–water partition coefficient (Wildman–Crippen LogP) is 1.52. The van der Waals surface area contributed by atoms with Gasteiger partial charge in [0.05, 0.1) is 11.7 Å². The first kappa shape index (κ1) is 13.0. The number of nitrogens with one attached hydrogen (secondary N) is 1. The minimum absolute atomic E-state index is 0.102. The van der Waals surface area contributed by atoms with Crippen LogP contribution in [0.2, 0.25) is 0 Å². The molecule has 1 fully saturated rings. The molecule has 5 heteroatoms. The lowest BCUT2D eigenvalue weighted by Crippen LogP contribution is -2.44. The van der Waals surface area contributed by atoms with Crippen molar-refractivity contribution in [1.29, 1.82) is 0 Å². The Morgan fingerprint density at radius 3 is 2.72 bits per heavy atom. The van der Waals surface area contributed by atoms with Crippen molar-refractivity contribution < 1.29 is 13.9 Å². The van der Waals surface area contributed by atoms with Gasteiger partial charge in [0.25, 0.3) is 0 Å². The van der Waals surface area contributed by atoms with E-state index in [0.717, 1.165) is 12.8 Å². The minimum Gasteiger partial charge on any atom is -0.381 e. The summed E-state index contributed by atoms with van der Waals surface area (Å²) in [6, 6.07) is 5.44. The van der Waals surface area contributed by atoms with Crippen molar-refractivity contribution in [3.63, 3.8) is 0 Å². The zero-order valence-corrected chi connectivity index (χ0v) is 10.1. The molecule has 0 radical (unpaired) electrons. The van der Waals surface area contributed by atoms with E-state index in [1.54, 1.807) is 12.1 Å². The first-order valence-corrected chi connectivity index (χ1v) is 6.07. The SMILES string of the molecule is NC(C(=O)Nc1ccccc1F)C1CCOCC1. The standard InChI is InChI=1S/C13H17FN2O2/c14-10-3-1-2-4-11(10)16-13(17)12(15)9-5-7-18-8-6-9/h1-4,9,12H,5-8,15H2,(H,16,17). The maximum Gasteiger partial charge on any atom is 0.241 e. The van der Waals surface area contributed by atoms with Gasteiger partial charge in [0, 0.05) is 13.2 Å². The highest BCUT2D eigenvalue weighted by Crippen LogP contribution is 2.19. The molecule has 0 spiro atoms. The number of nitrogens with two attached hydrogens (primary N) is 1. The summed E-state index contributed by atoms with van der Waals surface area (Å²) in [5, 5.41) is 2.53. The van der Waals surface area contributed by atoms with Crippen LogP contribution < -0.4 is 11.1 Å². The summed E-state index contributed by atoms with van der Waals surface area (Å²) in [5.74, 6) is -0.692.